The molecule has 1 aromatic carbocycles. The zero-order chi connectivity index (χ0) is 19.3. The van der Waals surface area contributed by atoms with Gasteiger partial charge in [-0.15, -0.1) is 0 Å². The highest BCUT2D eigenvalue weighted by Crippen LogP contribution is 2.34. The van der Waals surface area contributed by atoms with Crippen molar-refractivity contribution in [3.63, 3.8) is 0 Å². The number of hydrogen-bond donors (Lipinski definition) is 1. The lowest BCUT2D eigenvalue weighted by Gasteiger charge is -2.32. The van der Waals surface area contributed by atoms with Gasteiger partial charge >= 0.3 is 0 Å². The molecule has 1 N–H and O–H groups in total. The van der Waals surface area contributed by atoms with Crippen molar-refractivity contribution in [1.29, 1.82) is 0 Å². The van der Waals surface area contributed by atoms with Gasteiger partial charge in [0.25, 0.3) is 0 Å². The minimum atomic E-state index is -1.16. The molecule has 6 nitrogen and oxygen atoms in total. The van der Waals surface area contributed by atoms with Crippen LogP contribution in [-0.2, 0) is 16.0 Å². The molecule has 0 saturated heterocycles. The van der Waals surface area contributed by atoms with Gasteiger partial charge in [-0.05, 0) is 50.8 Å². The molecule has 0 aromatic heterocycles. The highest BCUT2D eigenvalue weighted by Gasteiger charge is 2.33. The van der Waals surface area contributed by atoms with E-state index in [9.17, 15) is 14.7 Å². The Morgan fingerprint density at radius 3 is 2.27 bits per heavy atom. The average Bonchev–Trinajstić information content (AvgIpc) is 2.63. The Morgan fingerprint density at radius 1 is 1.08 bits per heavy atom. The van der Waals surface area contributed by atoms with Crippen LogP contribution < -0.4 is 19.9 Å². The maximum atomic E-state index is 12.5. The monoisotopic (exact) mass is 360 g/mol. The van der Waals surface area contributed by atoms with Gasteiger partial charge in [0.2, 0.25) is 5.91 Å². The van der Waals surface area contributed by atoms with Crippen LogP contribution in [0.2, 0.25) is 0 Å². The number of allylic oxidation sites excluding steroid dienone is 2. The molecule has 26 heavy (non-hydrogen) atoms. The van der Waals surface area contributed by atoms with Crippen LogP contribution in [0.4, 0.5) is 0 Å². The zero-order valence-electron chi connectivity index (χ0n) is 15.8. The van der Waals surface area contributed by atoms with Crippen LogP contribution in [0.15, 0.2) is 29.3 Å². The van der Waals surface area contributed by atoms with E-state index in [1.807, 2.05) is 32.0 Å². The number of carboxylic acids is 1. The maximum absolute atomic E-state index is 12.5. The van der Waals surface area contributed by atoms with Crippen molar-refractivity contribution >= 4 is 11.9 Å². The molecule has 0 heterocycles. The molecule has 0 spiro atoms. The fraction of sp³-hybridized carbons (Fsp3) is 0.500. The maximum Gasteiger partial charge on any atom is 0.224 e. The first kappa shape index (κ1) is 19.8. The zero-order valence-corrected chi connectivity index (χ0v) is 15.8. The number of ether oxygens (including phenoxy) is 2. The van der Waals surface area contributed by atoms with E-state index in [-0.39, 0.29) is 5.91 Å². The highest BCUT2D eigenvalue weighted by atomic mass is 16.5. The molecule has 6 heteroatoms. The van der Waals surface area contributed by atoms with Gasteiger partial charge in [0, 0.05) is 24.3 Å². The third-order valence-corrected chi connectivity index (χ3v) is 5.07. The molecule has 0 aliphatic heterocycles. The first-order valence-corrected chi connectivity index (χ1v) is 8.72. The summed E-state index contributed by atoms with van der Waals surface area (Å²) >= 11 is 0. The summed E-state index contributed by atoms with van der Waals surface area (Å²) in [6.45, 7) is 4.29. The van der Waals surface area contributed by atoms with Crippen molar-refractivity contribution in [1.82, 2.24) is 5.32 Å². The van der Waals surface area contributed by atoms with Gasteiger partial charge in [0.1, 0.15) is 0 Å². The summed E-state index contributed by atoms with van der Waals surface area (Å²) < 4.78 is 10.5. The summed E-state index contributed by atoms with van der Waals surface area (Å²) in [5.74, 6) is -1.44. The first-order valence-electron chi connectivity index (χ1n) is 8.72. The summed E-state index contributed by atoms with van der Waals surface area (Å²) in [7, 11) is 3.15. The molecule has 0 fully saturated rings. The van der Waals surface area contributed by atoms with Crippen molar-refractivity contribution in [2.75, 3.05) is 20.8 Å². The fourth-order valence-electron chi connectivity index (χ4n) is 3.31. The van der Waals surface area contributed by atoms with E-state index in [2.05, 4.69) is 5.32 Å². The second-order valence-electron chi connectivity index (χ2n) is 6.73. The predicted octanol–water partition coefficient (Wildman–Crippen LogP) is 1.47. The normalized spacial score (nSPS) is 19.8. The summed E-state index contributed by atoms with van der Waals surface area (Å²) in [5, 5.41) is 14.3. The number of amides is 1. The fourth-order valence-corrected chi connectivity index (χ4v) is 3.31. The van der Waals surface area contributed by atoms with Crippen LogP contribution >= 0.6 is 0 Å². The Balaban J connectivity index is 1.97. The number of benzene rings is 1. The molecular formula is C20H26NO5-. The van der Waals surface area contributed by atoms with E-state index in [0.717, 1.165) is 16.7 Å². The van der Waals surface area contributed by atoms with E-state index in [1.54, 1.807) is 14.2 Å². The van der Waals surface area contributed by atoms with Gasteiger partial charge in [0.15, 0.2) is 11.5 Å². The molecular weight excluding hydrogens is 334 g/mol. The molecule has 2 rings (SSSR count). The molecule has 0 bridgehead atoms. The second-order valence-corrected chi connectivity index (χ2v) is 6.73. The van der Waals surface area contributed by atoms with Crippen molar-refractivity contribution in [3.05, 3.63) is 34.9 Å². The first-order chi connectivity index (χ1) is 12.4. The van der Waals surface area contributed by atoms with Crippen molar-refractivity contribution in [3.8, 4) is 11.5 Å². The lowest BCUT2D eigenvalue weighted by Crippen LogP contribution is -2.45. The largest absolute Gasteiger partial charge is 0.550 e. The van der Waals surface area contributed by atoms with Crippen LogP contribution in [0.3, 0.4) is 0 Å². The lowest BCUT2D eigenvalue weighted by molar-refractivity contribution is -0.313. The Bertz CT molecular complexity index is 710. The van der Waals surface area contributed by atoms with E-state index < -0.39 is 17.8 Å². The van der Waals surface area contributed by atoms with Crippen LogP contribution in [0.1, 0.15) is 32.3 Å². The Kier molecular flexibility index (Phi) is 6.66. The molecule has 142 valence electrons. The minimum Gasteiger partial charge on any atom is -0.550 e. The van der Waals surface area contributed by atoms with Crippen LogP contribution in [0.5, 0.6) is 11.5 Å². The second kappa shape index (κ2) is 8.74. The number of methoxy groups -OCH3 is 2. The van der Waals surface area contributed by atoms with E-state index in [4.69, 9.17) is 9.47 Å². The number of carboxylic acid groups (broad SMARTS) is 1. The Hall–Kier alpha value is -2.50. The van der Waals surface area contributed by atoms with Gasteiger partial charge in [0.05, 0.1) is 14.2 Å². The quantitative estimate of drug-likeness (QED) is 0.744. The number of nitrogens with one attached hydrogen (secondary N) is 1. The molecule has 1 amide bonds. The van der Waals surface area contributed by atoms with Crippen molar-refractivity contribution in [2.24, 2.45) is 11.8 Å². The standard InChI is InChI=1S/C20H27NO5/c1-12-9-15(16(20(23)24)10-13(12)2)19(22)21-8-7-14-5-6-17(25-3)18(11-14)26-4/h5-6,11,15-16H,7-10H2,1-4H3,(H,21,22)(H,23,24)/p-1/t15-,16+/m1/s1. The number of carbonyl (C=O) groups is 2. The molecule has 0 saturated carbocycles. The van der Waals surface area contributed by atoms with E-state index in [1.165, 1.54) is 0 Å². The topological polar surface area (TPSA) is 87.7 Å². The van der Waals surface area contributed by atoms with Gasteiger partial charge < -0.3 is 24.7 Å². The van der Waals surface area contributed by atoms with Gasteiger partial charge in [-0.25, -0.2) is 0 Å². The van der Waals surface area contributed by atoms with E-state index in [0.29, 0.717) is 37.3 Å². The number of hydrogen-bond acceptors (Lipinski definition) is 5. The van der Waals surface area contributed by atoms with Crippen molar-refractivity contribution < 1.29 is 24.2 Å². The third kappa shape index (κ3) is 4.56. The van der Waals surface area contributed by atoms with Crippen molar-refractivity contribution in [2.45, 2.75) is 33.1 Å². The molecule has 1 aliphatic rings. The van der Waals surface area contributed by atoms with Gasteiger partial charge in [-0.1, -0.05) is 17.2 Å². The van der Waals surface area contributed by atoms with E-state index >= 15 is 0 Å². The Morgan fingerprint density at radius 2 is 1.69 bits per heavy atom. The van der Waals surface area contributed by atoms with Gasteiger partial charge in [-0.3, -0.25) is 4.79 Å². The summed E-state index contributed by atoms with van der Waals surface area (Å²) in [6.07, 6.45) is 1.46. The predicted molar refractivity (Wildman–Crippen MR) is 95.9 cm³/mol. The number of carbonyl (C=O) groups excluding carboxylic acids is 2. The SMILES string of the molecule is COc1ccc(CCNC(=O)[C@@H]2CC(C)=C(C)C[C@@H]2C(=O)[O-])cc1OC. The molecule has 1 aliphatic carbocycles. The summed E-state index contributed by atoms with van der Waals surface area (Å²) in [5.41, 5.74) is 3.12. The van der Waals surface area contributed by atoms with Crippen LogP contribution in [0.25, 0.3) is 0 Å². The lowest BCUT2D eigenvalue weighted by atomic mass is 9.76. The molecule has 0 unspecified atom stereocenters. The smallest absolute Gasteiger partial charge is 0.224 e. The Labute approximate surface area is 154 Å². The number of rotatable bonds is 7. The molecule has 1 aromatic rings. The minimum absolute atomic E-state index is 0.230. The third-order valence-electron chi connectivity index (χ3n) is 5.07. The highest BCUT2D eigenvalue weighted by molar-refractivity contribution is 5.85. The molecule has 0 radical (unpaired) electrons. The summed E-state index contributed by atoms with van der Waals surface area (Å²) in [6, 6.07) is 5.60. The average molecular weight is 360 g/mol. The molecule has 2 atom stereocenters. The number of aliphatic carboxylic acids is 1. The van der Waals surface area contributed by atoms with Gasteiger partial charge in [-0.2, -0.15) is 0 Å². The van der Waals surface area contributed by atoms with Crippen LogP contribution in [0, 0.1) is 11.8 Å². The van der Waals surface area contributed by atoms with Crippen LogP contribution in [-0.4, -0.2) is 32.6 Å². The summed E-state index contributed by atoms with van der Waals surface area (Å²) in [4.78, 5) is 23.9.